The van der Waals surface area contributed by atoms with Crippen molar-refractivity contribution in [1.29, 1.82) is 0 Å². The van der Waals surface area contributed by atoms with E-state index in [1.54, 1.807) is 0 Å². The predicted molar refractivity (Wildman–Crippen MR) is 192 cm³/mol. The van der Waals surface area contributed by atoms with Crippen molar-refractivity contribution in [2.45, 2.75) is 0 Å². The molecule has 208 valence electrons. The Morgan fingerprint density at radius 3 is 1.48 bits per heavy atom. The minimum Gasteiger partial charge on any atom is -0.309 e. The van der Waals surface area contributed by atoms with Gasteiger partial charge >= 0.3 is 0 Å². The molecule has 0 aliphatic rings. The molecule has 1 nitrogen and oxygen atoms in total. The van der Waals surface area contributed by atoms with E-state index >= 15 is 0 Å². The van der Waals surface area contributed by atoms with Crippen LogP contribution in [0.2, 0.25) is 0 Å². The first kappa shape index (κ1) is 26.4. The SMILES string of the molecule is Brc1c2ccccc2c(N(c2ccccc2)c2ccc(-c3ccc(-c4ccccc4)cc3)cc2)c2ccc3ccccc3c12. The largest absolute Gasteiger partial charge is 0.309 e. The van der Waals surface area contributed by atoms with E-state index in [1.807, 2.05) is 0 Å². The summed E-state index contributed by atoms with van der Waals surface area (Å²) in [7, 11) is 0. The summed E-state index contributed by atoms with van der Waals surface area (Å²) in [5.74, 6) is 0. The fourth-order valence-electron chi connectivity index (χ4n) is 6.38. The maximum Gasteiger partial charge on any atom is 0.0619 e. The van der Waals surface area contributed by atoms with Crippen molar-refractivity contribution < 1.29 is 0 Å². The van der Waals surface area contributed by atoms with Crippen LogP contribution < -0.4 is 4.90 Å². The summed E-state index contributed by atoms with van der Waals surface area (Å²) >= 11 is 4.04. The zero-order valence-corrected chi connectivity index (χ0v) is 25.6. The summed E-state index contributed by atoms with van der Waals surface area (Å²) in [6, 6.07) is 60.9. The zero-order valence-electron chi connectivity index (χ0n) is 24.0. The summed E-state index contributed by atoms with van der Waals surface area (Å²) in [6.45, 7) is 0. The lowest BCUT2D eigenvalue weighted by molar-refractivity contribution is 1.31. The summed E-state index contributed by atoms with van der Waals surface area (Å²) in [5, 5.41) is 7.31. The van der Waals surface area contributed by atoms with Gasteiger partial charge in [-0.15, -0.1) is 0 Å². The van der Waals surface area contributed by atoms with E-state index in [0.717, 1.165) is 15.8 Å². The molecule has 8 aromatic carbocycles. The summed E-state index contributed by atoms with van der Waals surface area (Å²) in [4.78, 5) is 2.41. The lowest BCUT2D eigenvalue weighted by Gasteiger charge is -2.29. The Bertz CT molecular complexity index is 2260. The van der Waals surface area contributed by atoms with Crippen molar-refractivity contribution >= 4 is 65.3 Å². The van der Waals surface area contributed by atoms with E-state index in [2.05, 4.69) is 191 Å². The highest BCUT2D eigenvalue weighted by Gasteiger charge is 2.22. The van der Waals surface area contributed by atoms with Gasteiger partial charge < -0.3 is 4.90 Å². The van der Waals surface area contributed by atoms with Gasteiger partial charge in [0.05, 0.1) is 5.69 Å². The summed E-state index contributed by atoms with van der Waals surface area (Å²) in [5.41, 5.74) is 8.26. The topological polar surface area (TPSA) is 3.24 Å². The van der Waals surface area contributed by atoms with E-state index < -0.39 is 0 Å². The Hall–Kier alpha value is -5.18. The van der Waals surface area contributed by atoms with Gasteiger partial charge in [-0.2, -0.15) is 0 Å². The van der Waals surface area contributed by atoms with Crippen molar-refractivity contribution in [1.82, 2.24) is 0 Å². The van der Waals surface area contributed by atoms with Crippen LogP contribution in [0.3, 0.4) is 0 Å². The molecule has 0 unspecified atom stereocenters. The second kappa shape index (κ2) is 11.1. The Kier molecular flexibility index (Phi) is 6.70. The third kappa shape index (κ3) is 4.56. The van der Waals surface area contributed by atoms with Crippen molar-refractivity contribution in [3.63, 3.8) is 0 Å². The molecule has 0 aliphatic carbocycles. The van der Waals surface area contributed by atoms with Crippen LogP contribution in [0.4, 0.5) is 17.1 Å². The molecule has 0 amide bonds. The average Bonchev–Trinajstić information content (AvgIpc) is 3.11. The number of nitrogens with zero attached hydrogens (tertiary/aromatic N) is 1. The fraction of sp³-hybridized carbons (Fsp3) is 0. The van der Waals surface area contributed by atoms with Gasteiger partial charge in [0.1, 0.15) is 0 Å². The molecule has 0 aliphatic heterocycles. The van der Waals surface area contributed by atoms with E-state index in [1.165, 1.54) is 60.3 Å². The highest BCUT2D eigenvalue weighted by atomic mass is 79.9. The van der Waals surface area contributed by atoms with Crippen molar-refractivity contribution in [2.75, 3.05) is 4.90 Å². The quantitative estimate of drug-likeness (QED) is 0.136. The highest BCUT2D eigenvalue weighted by Crippen LogP contribution is 2.48. The smallest absolute Gasteiger partial charge is 0.0619 e. The molecule has 8 aromatic rings. The monoisotopic (exact) mass is 625 g/mol. The number of fused-ring (bicyclic) bond motifs is 4. The van der Waals surface area contributed by atoms with Gasteiger partial charge in [-0.25, -0.2) is 0 Å². The number of hydrogen-bond acceptors (Lipinski definition) is 1. The van der Waals surface area contributed by atoms with E-state index in [0.29, 0.717) is 0 Å². The molecule has 0 fully saturated rings. The van der Waals surface area contributed by atoms with Crippen LogP contribution in [0.25, 0.3) is 54.6 Å². The van der Waals surface area contributed by atoms with Crippen molar-refractivity contribution in [3.05, 3.63) is 174 Å². The van der Waals surface area contributed by atoms with Crippen LogP contribution >= 0.6 is 15.9 Å². The van der Waals surface area contributed by atoms with Gasteiger partial charge in [-0.1, -0.05) is 146 Å². The molecule has 44 heavy (non-hydrogen) atoms. The number of hydrogen-bond donors (Lipinski definition) is 0. The van der Waals surface area contributed by atoms with E-state index in [9.17, 15) is 0 Å². The normalized spacial score (nSPS) is 11.3. The van der Waals surface area contributed by atoms with Crippen LogP contribution in [0.1, 0.15) is 0 Å². The molecule has 0 heterocycles. The summed E-state index contributed by atoms with van der Waals surface area (Å²) in [6.07, 6.45) is 0. The highest BCUT2D eigenvalue weighted by molar-refractivity contribution is 9.10. The van der Waals surface area contributed by atoms with Crippen LogP contribution in [-0.2, 0) is 0 Å². The molecule has 0 saturated heterocycles. The maximum atomic E-state index is 4.04. The Morgan fingerprint density at radius 1 is 0.341 bits per heavy atom. The summed E-state index contributed by atoms with van der Waals surface area (Å²) < 4.78 is 1.13. The predicted octanol–water partition coefficient (Wildman–Crippen LogP) is 12.7. The molecular formula is C42H28BrN. The lowest BCUT2D eigenvalue weighted by Crippen LogP contribution is -2.11. The minimum atomic E-state index is 1.11. The molecule has 0 spiro atoms. The molecule has 0 N–H and O–H groups in total. The zero-order chi connectivity index (χ0) is 29.5. The minimum absolute atomic E-state index is 1.11. The van der Waals surface area contributed by atoms with Gasteiger partial charge in [0.2, 0.25) is 0 Å². The molecule has 8 rings (SSSR count). The van der Waals surface area contributed by atoms with Crippen molar-refractivity contribution in [3.8, 4) is 22.3 Å². The van der Waals surface area contributed by atoms with E-state index in [4.69, 9.17) is 0 Å². The van der Waals surface area contributed by atoms with E-state index in [-0.39, 0.29) is 0 Å². The van der Waals surface area contributed by atoms with Crippen molar-refractivity contribution in [2.24, 2.45) is 0 Å². The van der Waals surface area contributed by atoms with Crippen LogP contribution in [0.15, 0.2) is 174 Å². The molecule has 0 bridgehead atoms. The Balaban J connectivity index is 1.31. The van der Waals surface area contributed by atoms with Gasteiger partial charge in [0.15, 0.2) is 0 Å². The molecule has 0 atom stereocenters. The lowest BCUT2D eigenvalue weighted by atomic mass is 9.95. The average molecular weight is 627 g/mol. The number of rotatable bonds is 5. The standard InChI is InChI=1S/C42H28BrN/c43-41-37-17-9-10-18-38(37)42(39-28-25-33-13-7-8-16-36(33)40(39)41)44(34-14-5-2-6-15-34)35-26-23-32(24-27-35)31-21-19-30(20-22-31)29-11-3-1-4-12-29/h1-28H. The number of halogens is 1. The number of para-hydroxylation sites is 1. The molecule has 0 aromatic heterocycles. The van der Waals surface area contributed by atoms with Gasteiger partial charge in [0.25, 0.3) is 0 Å². The Morgan fingerprint density at radius 2 is 0.818 bits per heavy atom. The molecule has 2 heteroatoms. The van der Waals surface area contributed by atoms with Gasteiger partial charge in [-0.3, -0.25) is 0 Å². The third-order valence-electron chi connectivity index (χ3n) is 8.51. The first-order valence-electron chi connectivity index (χ1n) is 14.9. The van der Waals surface area contributed by atoms with Gasteiger partial charge in [0, 0.05) is 32.0 Å². The van der Waals surface area contributed by atoms with Crippen LogP contribution in [0, 0.1) is 0 Å². The van der Waals surface area contributed by atoms with Gasteiger partial charge in [-0.05, 0) is 78.6 Å². The fourth-order valence-corrected chi connectivity index (χ4v) is 7.15. The maximum absolute atomic E-state index is 4.04. The van der Waals surface area contributed by atoms with Crippen LogP contribution in [0.5, 0.6) is 0 Å². The first-order valence-corrected chi connectivity index (χ1v) is 15.7. The Labute approximate surface area is 265 Å². The molecule has 0 radical (unpaired) electrons. The molecule has 0 saturated carbocycles. The second-order valence-corrected chi connectivity index (χ2v) is 11.9. The first-order chi connectivity index (χ1) is 21.8. The second-order valence-electron chi connectivity index (χ2n) is 11.1. The number of benzene rings is 8. The molecular weight excluding hydrogens is 598 g/mol. The number of anilines is 3. The third-order valence-corrected chi connectivity index (χ3v) is 9.33. The van der Waals surface area contributed by atoms with Crippen LogP contribution in [-0.4, -0.2) is 0 Å².